The summed E-state index contributed by atoms with van der Waals surface area (Å²) in [5, 5.41) is 2.09. The maximum absolute atomic E-state index is 12.5. The molecule has 0 unspecified atom stereocenters. The van der Waals surface area contributed by atoms with Gasteiger partial charge in [-0.2, -0.15) is 9.97 Å². The average molecular weight is 376 g/mol. The number of nitrogens with zero attached hydrogens (tertiary/aromatic N) is 4. The summed E-state index contributed by atoms with van der Waals surface area (Å²) in [6.07, 6.45) is 0. The summed E-state index contributed by atoms with van der Waals surface area (Å²) in [5.41, 5.74) is 1.03. The number of rotatable bonds is 4. The minimum atomic E-state index is -0.496. The van der Waals surface area contributed by atoms with Crippen molar-refractivity contribution in [3.63, 3.8) is 0 Å². The number of aryl methyl sites for hydroxylation is 1. The Morgan fingerprint density at radius 2 is 1.80 bits per heavy atom. The molecule has 3 rings (SSSR count). The minimum absolute atomic E-state index is 0.155. The molecule has 0 bridgehead atoms. The molecule has 128 valence electrons. The van der Waals surface area contributed by atoms with E-state index in [-0.39, 0.29) is 5.95 Å². The Kier molecular flexibility index (Phi) is 5.03. The second-order valence-electron chi connectivity index (χ2n) is 5.40. The van der Waals surface area contributed by atoms with Crippen LogP contribution in [0, 0.1) is 6.92 Å². The zero-order valence-corrected chi connectivity index (χ0v) is 14.9. The highest BCUT2D eigenvalue weighted by Crippen LogP contribution is 2.24. The monoisotopic (exact) mass is 375 g/mol. The van der Waals surface area contributed by atoms with E-state index in [1.54, 1.807) is 25.1 Å². The third kappa shape index (κ3) is 3.82. The lowest BCUT2D eigenvalue weighted by Crippen LogP contribution is -2.36. The largest absolute Gasteiger partial charge is 0.356 e. The van der Waals surface area contributed by atoms with Crippen LogP contribution in [0.25, 0.3) is 5.69 Å². The van der Waals surface area contributed by atoms with E-state index in [0.717, 1.165) is 5.56 Å². The fourth-order valence-electron chi connectivity index (χ4n) is 2.39. The van der Waals surface area contributed by atoms with E-state index in [9.17, 15) is 4.79 Å². The fraction of sp³-hybridized carbons (Fsp3) is 0.118. The molecule has 3 aromatic rings. The number of halogens is 2. The molecule has 0 aliphatic heterocycles. The average Bonchev–Trinajstić information content (AvgIpc) is 2.58. The minimum Gasteiger partial charge on any atom is -0.274 e. The van der Waals surface area contributed by atoms with Crippen LogP contribution in [0.3, 0.4) is 0 Å². The van der Waals surface area contributed by atoms with E-state index in [2.05, 4.69) is 9.97 Å². The van der Waals surface area contributed by atoms with E-state index >= 15 is 0 Å². The molecule has 0 aliphatic rings. The number of nitrogens with two attached hydrogens (primary N) is 1. The molecule has 2 N–H and O–H groups in total. The first-order valence-electron chi connectivity index (χ1n) is 7.45. The molecular formula is C17H15Cl2N5O. The van der Waals surface area contributed by atoms with Crippen LogP contribution in [0.1, 0.15) is 11.4 Å². The number of anilines is 1. The van der Waals surface area contributed by atoms with Crippen LogP contribution in [-0.4, -0.2) is 14.5 Å². The number of aromatic nitrogens is 3. The lowest BCUT2D eigenvalue weighted by Gasteiger charge is -2.18. The zero-order valence-electron chi connectivity index (χ0n) is 13.4. The van der Waals surface area contributed by atoms with Crippen molar-refractivity contribution in [2.24, 2.45) is 5.84 Å². The molecule has 0 spiro atoms. The highest BCUT2D eigenvalue weighted by atomic mass is 35.5. The molecule has 0 aliphatic carbocycles. The first-order chi connectivity index (χ1) is 12.0. The predicted octanol–water partition coefficient (Wildman–Crippen LogP) is 3.12. The summed E-state index contributed by atoms with van der Waals surface area (Å²) in [7, 11) is 0. The summed E-state index contributed by atoms with van der Waals surface area (Å²) >= 11 is 11.9. The van der Waals surface area contributed by atoms with Gasteiger partial charge in [0.05, 0.1) is 22.3 Å². The van der Waals surface area contributed by atoms with E-state index in [0.29, 0.717) is 28.1 Å². The zero-order chi connectivity index (χ0) is 18.0. The van der Waals surface area contributed by atoms with Gasteiger partial charge in [-0.1, -0.05) is 53.5 Å². The molecule has 6 nitrogen and oxygen atoms in total. The molecule has 0 saturated carbocycles. The highest BCUT2D eigenvalue weighted by Gasteiger charge is 2.13. The van der Waals surface area contributed by atoms with Crippen molar-refractivity contribution >= 4 is 29.2 Å². The van der Waals surface area contributed by atoms with E-state index in [1.807, 2.05) is 30.3 Å². The maximum Gasteiger partial charge on any atom is 0.356 e. The smallest absolute Gasteiger partial charge is 0.274 e. The Labute approximate surface area is 154 Å². The van der Waals surface area contributed by atoms with Gasteiger partial charge in [-0.3, -0.25) is 5.01 Å². The van der Waals surface area contributed by atoms with Gasteiger partial charge in [0, 0.05) is 0 Å². The van der Waals surface area contributed by atoms with Crippen LogP contribution in [0.5, 0.6) is 0 Å². The molecule has 0 radical (unpaired) electrons. The van der Waals surface area contributed by atoms with Gasteiger partial charge in [-0.05, 0) is 30.7 Å². The summed E-state index contributed by atoms with van der Waals surface area (Å²) in [6.45, 7) is 2.09. The van der Waals surface area contributed by atoms with Gasteiger partial charge in [0.1, 0.15) is 5.82 Å². The van der Waals surface area contributed by atoms with Crippen molar-refractivity contribution in [3.8, 4) is 5.69 Å². The predicted molar refractivity (Wildman–Crippen MR) is 99.2 cm³/mol. The number of hydrogen-bond acceptors (Lipinski definition) is 5. The summed E-state index contributed by atoms with van der Waals surface area (Å²) in [6, 6.07) is 14.5. The Morgan fingerprint density at radius 3 is 2.44 bits per heavy atom. The van der Waals surface area contributed by atoms with Gasteiger partial charge in [-0.25, -0.2) is 15.2 Å². The van der Waals surface area contributed by atoms with Crippen LogP contribution in [-0.2, 0) is 6.54 Å². The first kappa shape index (κ1) is 17.4. The SMILES string of the molecule is Cc1nc(N(N)Cc2ccccc2)nc(=O)n1-c1ccc(Cl)c(Cl)c1. The first-order valence-corrected chi connectivity index (χ1v) is 8.20. The van der Waals surface area contributed by atoms with Gasteiger partial charge in [0.15, 0.2) is 0 Å². The normalized spacial score (nSPS) is 10.7. The van der Waals surface area contributed by atoms with Gasteiger partial charge < -0.3 is 0 Å². The molecular weight excluding hydrogens is 361 g/mol. The van der Waals surface area contributed by atoms with Gasteiger partial charge in [0.2, 0.25) is 5.95 Å². The fourth-order valence-corrected chi connectivity index (χ4v) is 2.69. The van der Waals surface area contributed by atoms with Gasteiger partial charge >= 0.3 is 5.69 Å². The molecule has 0 atom stereocenters. The number of hydrogen-bond donors (Lipinski definition) is 1. The van der Waals surface area contributed by atoms with Gasteiger partial charge in [-0.15, -0.1) is 0 Å². The number of benzene rings is 2. The molecule has 25 heavy (non-hydrogen) atoms. The molecule has 0 saturated heterocycles. The summed E-state index contributed by atoms with van der Waals surface area (Å²) in [5.74, 6) is 6.62. The van der Waals surface area contributed by atoms with Crippen molar-refractivity contribution in [3.05, 3.63) is 80.4 Å². The Bertz CT molecular complexity index is 959. The number of hydrazine groups is 1. The quantitative estimate of drug-likeness (QED) is 0.559. The van der Waals surface area contributed by atoms with Crippen LogP contribution in [0.4, 0.5) is 5.95 Å². The van der Waals surface area contributed by atoms with Crippen LogP contribution < -0.4 is 16.5 Å². The van der Waals surface area contributed by atoms with Crippen molar-refractivity contribution in [1.29, 1.82) is 0 Å². The Morgan fingerprint density at radius 1 is 1.08 bits per heavy atom. The van der Waals surface area contributed by atoms with Crippen LogP contribution in [0.2, 0.25) is 10.0 Å². The van der Waals surface area contributed by atoms with E-state index < -0.39 is 5.69 Å². The second kappa shape index (κ2) is 7.23. The highest BCUT2D eigenvalue weighted by molar-refractivity contribution is 6.42. The maximum atomic E-state index is 12.5. The lowest BCUT2D eigenvalue weighted by atomic mass is 10.2. The topological polar surface area (TPSA) is 77.0 Å². The second-order valence-corrected chi connectivity index (χ2v) is 6.22. The van der Waals surface area contributed by atoms with Crippen molar-refractivity contribution in [2.45, 2.75) is 13.5 Å². The molecule has 2 aromatic carbocycles. The third-order valence-electron chi connectivity index (χ3n) is 3.59. The summed E-state index contributed by atoms with van der Waals surface area (Å²) < 4.78 is 1.35. The molecule has 8 heteroatoms. The van der Waals surface area contributed by atoms with Crippen molar-refractivity contribution in [2.75, 3.05) is 5.01 Å². The van der Waals surface area contributed by atoms with Crippen molar-refractivity contribution < 1.29 is 0 Å². The van der Waals surface area contributed by atoms with E-state index in [1.165, 1.54) is 9.58 Å². The molecule has 1 heterocycles. The standard InChI is InChI=1S/C17H15Cl2N5O/c1-11-21-16(23(20)10-12-5-3-2-4-6-12)22-17(25)24(11)13-7-8-14(18)15(19)9-13/h2-9H,10,20H2,1H3. The summed E-state index contributed by atoms with van der Waals surface area (Å²) in [4.78, 5) is 20.8. The molecule has 0 amide bonds. The molecule has 1 aromatic heterocycles. The Balaban J connectivity index is 1.94. The Hall–Kier alpha value is -2.41. The third-order valence-corrected chi connectivity index (χ3v) is 4.33. The van der Waals surface area contributed by atoms with E-state index in [4.69, 9.17) is 29.0 Å². The van der Waals surface area contributed by atoms with Gasteiger partial charge in [0.25, 0.3) is 0 Å². The van der Waals surface area contributed by atoms with Crippen LogP contribution in [0.15, 0.2) is 53.3 Å². The van der Waals surface area contributed by atoms with Crippen molar-refractivity contribution in [1.82, 2.24) is 14.5 Å². The molecule has 0 fully saturated rings. The lowest BCUT2D eigenvalue weighted by molar-refractivity contribution is 0.743. The van der Waals surface area contributed by atoms with Crippen LogP contribution >= 0.6 is 23.2 Å².